The Morgan fingerprint density at radius 2 is 1.80 bits per heavy atom. The molecule has 3 nitrogen and oxygen atoms in total. The molecule has 0 aliphatic rings. The van der Waals surface area contributed by atoms with Crippen molar-refractivity contribution in [2.75, 3.05) is 14.1 Å². The maximum absolute atomic E-state index is 12.6. The van der Waals surface area contributed by atoms with Crippen LogP contribution in [0.25, 0.3) is 0 Å². The van der Waals surface area contributed by atoms with E-state index in [0.29, 0.717) is 6.42 Å². The first kappa shape index (κ1) is 24.4. The van der Waals surface area contributed by atoms with Crippen molar-refractivity contribution in [1.29, 1.82) is 0 Å². The zero-order valence-electron chi connectivity index (χ0n) is 19.6. The van der Waals surface area contributed by atoms with Crippen LogP contribution in [0.3, 0.4) is 0 Å². The summed E-state index contributed by atoms with van der Waals surface area (Å²) in [5, 5.41) is 10.2. The van der Waals surface area contributed by atoms with Crippen LogP contribution in [0.15, 0.2) is 36.9 Å². The zero-order valence-corrected chi connectivity index (χ0v) is 20.4. The fourth-order valence-corrected chi connectivity index (χ4v) is 5.59. The molecule has 4 heteroatoms. The second-order valence-corrected chi connectivity index (χ2v) is 9.87. The summed E-state index contributed by atoms with van der Waals surface area (Å²) in [6.07, 6.45) is 5.03. The first-order valence-corrected chi connectivity index (χ1v) is 11.6. The molecule has 0 bridgehead atoms. The van der Waals surface area contributed by atoms with Crippen LogP contribution < -0.4 is 0 Å². The van der Waals surface area contributed by atoms with Gasteiger partial charge in [-0.05, 0) is 74.8 Å². The molecule has 30 heavy (non-hydrogen) atoms. The van der Waals surface area contributed by atoms with Gasteiger partial charge in [0.1, 0.15) is 0 Å². The van der Waals surface area contributed by atoms with Crippen LogP contribution in [0.1, 0.15) is 76.8 Å². The third-order valence-corrected chi connectivity index (χ3v) is 7.86. The molecule has 0 aliphatic heterocycles. The lowest BCUT2D eigenvalue weighted by atomic mass is 9.73. The second-order valence-electron chi connectivity index (χ2n) is 8.81. The normalized spacial score (nSPS) is 13.7. The maximum Gasteiger partial charge on any atom is 0.263 e. The van der Waals surface area contributed by atoms with Crippen molar-refractivity contribution < 1.29 is 9.90 Å². The van der Waals surface area contributed by atoms with Crippen molar-refractivity contribution in [1.82, 2.24) is 4.90 Å². The van der Waals surface area contributed by atoms with Gasteiger partial charge in [0.05, 0.1) is 10.5 Å². The Bertz CT molecular complexity index is 904. The van der Waals surface area contributed by atoms with E-state index in [4.69, 9.17) is 0 Å². The summed E-state index contributed by atoms with van der Waals surface area (Å²) in [6.45, 7) is 14.2. The molecule has 1 amide bonds. The number of aryl methyl sites for hydroxylation is 3. The molecule has 1 aromatic heterocycles. The lowest BCUT2D eigenvalue weighted by molar-refractivity contribution is 0.0831. The molecule has 2 rings (SSSR count). The van der Waals surface area contributed by atoms with Crippen LogP contribution in [0, 0.1) is 13.8 Å². The minimum absolute atomic E-state index is 0.0747. The first-order valence-electron chi connectivity index (χ1n) is 10.8. The molecule has 1 unspecified atom stereocenters. The highest BCUT2D eigenvalue weighted by Gasteiger charge is 2.34. The smallest absolute Gasteiger partial charge is 0.263 e. The quantitative estimate of drug-likeness (QED) is 0.495. The lowest BCUT2D eigenvalue weighted by Crippen LogP contribution is -2.25. The molecule has 0 spiro atoms. The highest BCUT2D eigenvalue weighted by molar-refractivity contribution is 7.14. The van der Waals surface area contributed by atoms with Crippen molar-refractivity contribution >= 4 is 17.2 Å². The third-order valence-electron chi connectivity index (χ3n) is 6.43. The van der Waals surface area contributed by atoms with Gasteiger partial charge in [0.25, 0.3) is 5.91 Å². The van der Waals surface area contributed by atoms with Gasteiger partial charge in [-0.25, -0.2) is 0 Å². The Balaban J connectivity index is 2.45. The van der Waals surface area contributed by atoms with Gasteiger partial charge in [0.2, 0.25) is 0 Å². The van der Waals surface area contributed by atoms with Crippen molar-refractivity contribution in [3.8, 4) is 0 Å². The molecular weight excluding hydrogens is 390 g/mol. The van der Waals surface area contributed by atoms with Gasteiger partial charge in [0.15, 0.2) is 0 Å². The van der Waals surface area contributed by atoms with E-state index in [0.717, 1.165) is 29.7 Å². The molecule has 0 saturated carbocycles. The van der Waals surface area contributed by atoms with Gasteiger partial charge >= 0.3 is 0 Å². The largest absolute Gasteiger partial charge is 0.386 e. The van der Waals surface area contributed by atoms with E-state index in [1.54, 1.807) is 43.3 Å². The van der Waals surface area contributed by atoms with E-state index in [-0.39, 0.29) is 11.3 Å². The monoisotopic (exact) mass is 427 g/mol. The summed E-state index contributed by atoms with van der Waals surface area (Å²) in [4.78, 5) is 16.4. The topological polar surface area (TPSA) is 40.5 Å². The summed E-state index contributed by atoms with van der Waals surface area (Å²) >= 11 is 1.64. The van der Waals surface area contributed by atoms with E-state index in [1.165, 1.54) is 21.6 Å². The van der Waals surface area contributed by atoms with Crippen LogP contribution in [0.5, 0.6) is 0 Å². The number of carbonyl (C=O) groups excluding carboxylic acids is 1. The summed E-state index contributed by atoms with van der Waals surface area (Å²) in [7, 11) is 3.61. The molecule has 1 atom stereocenters. The van der Waals surface area contributed by atoms with E-state index >= 15 is 0 Å². The highest BCUT2D eigenvalue weighted by atomic mass is 32.1. The number of carbonyl (C=O) groups is 1. The standard InChI is InChI=1S/C26H37NO2S/c1-9-25(6,29)15-14-20-12-13-21(16-18(20)4)26(10-2,11-3)22-17-19(5)23(30-22)24(28)27(7)8/h9,12-13,16-17,29H,1,10-11,14-15H2,2-8H3. The number of hydrogen-bond donors (Lipinski definition) is 1. The van der Waals surface area contributed by atoms with Crippen LogP contribution in [0.2, 0.25) is 0 Å². The van der Waals surface area contributed by atoms with Crippen molar-refractivity contribution in [3.63, 3.8) is 0 Å². The fraction of sp³-hybridized carbons (Fsp3) is 0.500. The number of hydrogen-bond acceptors (Lipinski definition) is 3. The number of aliphatic hydroxyl groups is 1. The molecule has 2 aromatic rings. The Morgan fingerprint density at radius 1 is 1.17 bits per heavy atom. The summed E-state index contributed by atoms with van der Waals surface area (Å²) in [5.74, 6) is 0.0747. The summed E-state index contributed by atoms with van der Waals surface area (Å²) in [6, 6.07) is 8.95. The van der Waals surface area contributed by atoms with Gasteiger partial charge in [-0.1, -0.05) is 38.1 Å². The van der Waals surface area contributed by atoms with E-state index in [1.807, 2.05) is 6.92 Å². The number of rotatable bonds is 9. The molecular formula is C26H37NO2S. The Morgan fingerprint density at radius 3 is 2.30 bits per heavy atom. The Labute approximate surface area is 186 Å². The van der Waals surface area contributed by atoms with E-state index in [9.17, 15) is 9.90 Å². The third kappa shape index (κ3) is 4.87. The van der Waals surface area contributed by atoms with Gasteiger partial charge < -0.3 is 10.0 Å². The van der Waals surface area contributed by atoms with Crippen LogP contribution in [-0.4, -0.2) is 35.6 Å². The van der Waals surface area contributed by atoms with Gasteiger partial charge in [0, 0.05) is 24.4 Å². The molecule has 0 saturated heterocycles. The van der Waals surface area contributed by atoms with E-state index in [2.05, 4.69) is 51.6 Å². The summed E-state index contributed by atoms with van der Waals surface area (Å²) < 4.78 is 0. The highest BCUT2D eigenvalue weighted by Crippen LogP contribution is 2.44. The summed E-state index contributed by atoms with van der Waals surface area (Å²) in [5.41, 5.74) is 3.92. The minimum Gasteiger partial charge on any atom is -0.386 e. The Kier molecular flexibility index (Phi) is 7.70. The van der Waals surface area contributed by atoms with Crippen molar-refractivity contribution in [2.24, 2.45) is 0 Å². The Hall–Kier alpha value is -1.91. The average Bonchev–Trinajstić information content (AvgIpc) is 3.10. The zero-order chi connectivity index (χ0) is 22.7. The SMILES string of the molecule is C=CC(C)(O)CCc1ccc(C(CC)(CC)c2cc(C)c(C(=O)N(C)C)s2)cc1C. The van der Waals surface area contributed by atoms with Gasteiger partial charge in [-0.2, -0.15) is 0 Å². The minimum atomic E-state index is -0.842. The predicted octanol–water partition coefficient (Wildman–Crippen LogP) is 6.04. The fourth-order valence-electron chi connectivity index (χ4n) is 4.05. The first-order chi connectivity index (χ1) is 14.0. The molecule has 1 aromatic carbocycles. The number of thiophene rings is 1. The van der Waals surface area contributed by atoms with Crippen LogP contribution in [-0.2, 0) is 11.8 Å². The maximum atomic E-state index is 12.6. The molecule has 1 N–H and O–H groups in total. The number of nitrogens with zero attached hydrogens (tertiary/aromatic N) is 1. The van der Waals surface area contributed by atoms with E-state index < -0.39 is 5.60 Å². The van der Waals surface area contributed by atoms with Gasteiger partial charge in [-0.15, -0.1) is 17.9 Å². The van der Waals surface area contributed by atoms with Crippen LogP contribution in [0.4, 0.5) is 0 Å². The molecule has 0 aliphatic carbocycles. The number of benzene rings is 1. The lowest BCUT2D eigenvalue weighted by Gasteiger charge is -2.32. The van der Waals surface area contributed by atoms with Crippen molar-refractivity contribution in [2.45, 2.75) is 71.3 Å². The molecule has 164 valence electrons. The van der Waals surface area contributed by atoms with Crippen molar-refractivity contribution in [3.05, 3.63) is 68.9 Å². The van der Waals surface area contributed by atoms with Crippen LogP contribution >= 0.6 is 11.3 Å². The number of amides is 1. The van der Waals surface area contributed by atoms with Gasteiger partial charge in [-0.3, -0.25) is 4.79 Å². The predicted molar refractivity (Wildman–Crippen MR) is 129 cm³/mol. The molecule has 0 radical (unpaired) electrons. The molecule has 1 heterocycles. The second kappa shape index (κ2) is 9.49. The molecule has 0 fully saturated rings. The average molecular weight is 428 g/mol.